The monoisotopic (exact) mass is 430 g/mol. The summed E-state index contributed by atoms with van der Waals surface area (Å²) in [4.78, 5) is 15.8. The molecule has 0 bridgehead atoms. The Bertz CT molecular complexity index is 1260. The van der Waals surface area contributed by atoms with Crippen molar-refractivity contribution in [1.29, 1.82) is 0 Å². The molecule has 0 saturated heterocycles. The van der Waals surface area contributed by atoms with Gasteiger partial charge in [-0.05, 0) is 42.2 Å². The first-order valence-corrected chi connectivity index (χ1v) is 10.7. The Morgan fingerprint density at radius 3 is 2.53 bits per heavy atom. The topological polar surface area (TPSA) is 84.6 Å². The van der Waals surface area contributed by atoms with Crippen LogP contribution in [0.4, 0.5) is 4.79 Å². The van der Waals surface area contributed by atoms with Crippen LogP contribution in [0.25, 0.3) is 22.2 Å². The maximum absolute atomic E-state index is 11.0. The molecule has 0 fully saturated rings. The minimum absolute atomic E-state index is 0.234. The Morgan fingerprint density at radius 2 is 1.81 bits per heavy atom. The van der Waals surface area contributed by atoms with E-state index in [9.17, 15) is 9.90 Å². The molecule has 0 spiro atoms. The highest BCUT2D eigenvalue weighted by molar-refractivity contribution is 5.85. The van der Waals surface area contributed by atoms with Gasteiger partial charge in [-0.1, -0.05) is 61.9 Å². The van der Waals surface area contributed by atoms with Crippen molar-refractivity contribution in [2.24, 2.45) is 0 Å². The Hall–Kier alpha value is -3.80. The summed E-state index contributed by atoms with van der Waals surface area (Å²) in [5.74, 6) is 1.50. The number of nitrogens with zero attached hydrogens (tertiary/aromatic N) is 2. The summed E-state index contributed by atoms with van der Waals surface area (Å²) in [6, 6.07) is 18.6. The Kier molecular flexibility index (Phi) is 6.12. The molecule has 0 aliphatic carbocycles. The van der Waals surface area contributed by atoms with Crippen molar-refractivity contribution in [3.8, 4) is 22.6 Å². The number of hydrogen-bond acceptors (Lipinski definition) is 4. The first-order valence-electron chi connectivity index (χ1n) is 10.7. The number of para-hydroxylation sites is 1. The van der Waals surface area contributed by atoms with E-state index in [4.69, 9.17) is 14.8 Å². The minimum atomic E-state index is -1.34. The molecule has 0 saturated carbocycles. The summed E-state index contributed by atoms with van der Waals surface area (Å²) in [6.07, 6.45) is 1.61. The van der Waals surface area contributed by atoms with Crippen LogP contribution in [0.2, 0.25) is 0 Å². The zero-order valence-electron chi connectivity index (χ0n) is 18.2. The van der Waals surface area contributed by atoms with Crippen molar-refractivity contribution in [2.45, 2.75) is 39.7 Å². The summed E-state index contributed by atoms with van der Waals surface area (Å²) >= 11 is 0. The van der Waals surface area contributed by atoms with Crippen LogP contribution in [-0.2, 0) is 13.0 Å². The van der Waals surface area contributed by atoms with Crippen molar-refractivity contribution in [3.05, 3.63) is 77.6 Å². The molecule has 2 N–H and O–H groups in total. The first-order chi connectivity index (χ1) is 15.5. The maximum Gasteiger partial charge on any atom is 0.511 e. The molecule has 32 heavy (non-hydrogen) atoms. The average molecular weight is 431 g/mol. The fourth-order valence-corrected chi connectivity index (χ4v) is 3.95. The summed E-state index contributed by atoms with van der Waals surface area (Å²) in [7, 11) is 0. The number of imidazole rings is 1. The van der Waals surface area contributed by atoms with Gasteiger partial charge in [-0.2, -0.15) is 0 Å². The van der Waals surface area contributed by atoms with Crippen LogP contribution in [-0.4, -0.2) is 25.9 Å². The highest BCUT2D eigenvalue weighted by atomic mass is 16.7. The third kappa shape index (κ3) is 4.30. The second kappa shape index (κ2) is 9.14. The number of rotatable bonds is 7. The van der Waals surface area contributed by atoms with Gasteiger partial charge in [0, 0.05) is 18.5 Å². The third-order valence-corrected chi connectivity index (χ3v) is 5.60. The fourth-order valence-electron chi connectivity index (χ4n) is 3.95. The summed E-state index contributed by atoms with van der Waals surface area (Å²) in [5.41, 5.74) is 5.29. The van der Waals surface area contributed by atoms with Gasteiger partial charge in [0.05, 0.1) is 5.52 Å². The molecule has 0 unspecified atom stereocenters. The molecule has 6 heteroatoms. The lowest BCUT2D eigenvalue weighted by molar-refractivity contribution is 0.144. The number of fused-ring (bicyclic) bond motifs is 1. The summed E-state index contributed by atoms with van der Waals surface area (Å²) < 4.78 is 7.02. The van der Waals surface area contributed by atoms with Crippen LogP contribution < -0.4 is 4.74 Å². The van der Waals surface area contributed by atoms with Crippen LogP contribution in [0.15, 0.2) is 60.7 Å². The maximum atomic E-state index is 11.0. The minimum Gasteiger partial charge on any atom is -0.506 e. The lowest BCUT2D eigenvalue weighted by Gasteiger charge is -2.12. The Labute approximate surface area is 186 Å². The van der Waals surface area contributed by atoms with Crippen molar-refractivity contribution in [2.75, 3.05) is 0 Å². The predicted octanol–water partition coefficient (Wildman–Crippen LogP) is 6.17. The number of aromatic nitrogens is 2. The standard InChI is InChI=1S/C26H26N2O4/c1-3-4-9-23-27-24-17(2)10-15-21(29)25(24)28(23)16-18-11-13-19(14-12-18)20-7-5-6-8-22(20)32-26(30)31/h5-8,10-15,29H,3-4,9,16H2,1-2H3,(H,30,31). The van der Waals surface area contributed by atoms with E-state index in [1.807, 2.05) is 49.4 Å². The molecule has 6 nitrogen and oxygen atoms in total. The molecule has 1 heterocycles. The molecule has 0 aliphatic rings. The number of benzene rings is 3. The van der Waals surface area contributed by atoms with Crippen molar-refractivity contribution in [3.63, 3.8) is 0 Å². The van der Waals surface area contributed by atoms with Gasteiger partial charge in [0.25, 0.3) is 0 Å². The average Bonchev–Trinajstić information content (AvgIpc) is 3.15. The molecule has 0 radical (unpaired) electrons. The van der Waals surface area contributed by atoms with E-state index < -0.39 is 6.16 Å². The van der Waals surface area contributed by atoms with Crippen LogP contribution in [0.1, 0.15) is 36.7 Å². The van der Waals surface area contributed by atoms with E-state index in [1.165, 1.54) is 0 Å². The molecular formula is C26H26N2O4. The van der Waals surface area contributed by atoms with Gasteiger partial charge in [0.1, 0.15) is 22.8 Å². The molecule has 164 valence electrons. The molecule has 1 aromatic heterocycles. The van der Waals surface area contributed by atoms with Crippen molar-refractivity contribution < 1.29 is 19.7 Å². The van der Waals surface area contributed by atoms with Gasteiger partial charge in [-0.3, -0.25) is 0 Å². The van der Waals surface area contributed by atoms with Gasteiger partial charge in [-0.15, -0.1) is 0 Å². The SMILES string of the molecule is CCCCc1nc2c(C)ccc(O)c2n1Cc1ccc(-c2ccccc2OC(=O)O)cc1. The molecular weight excluding hydrogens is 404 g/mol. The number of unbranched alkanes of at least 4 members (excludes halogenated alkanes) is 1. The normalized spacial score (nSPS) is 11.1. The number of carbonyl (C=O) groups is 1. The second-order valence-corrected chi connectivity index (χ2v) is 7.88. The predicted molar refractivity (Wildman–Crippen MR) is 124 cm³/mol. The van der Waals surface area contributed by atoms with E-state index in [0.717, 1.165) is 52.8 Å². The van der Waals surface area contributed by atoms with E-state index >= 15 is 0 Å². The largest absolute Gasteiger partial charge is 0.511 e. The number of hydrogen-bond donors (Lipinski definition) is 2. The molecule has 4 rings (SSSR count). The van der Waals surface area contributed by atoms with Gasteiger partial charge < -0.3 is 19.5 Å². The van der Waals surface area contributed by atoms with Gasteiger partial charge in [-0.25, -0.2) is 9.78 Å². The zero-order chi connectivity index (χ0) is 22.7. The molecule has 4 aromatic rings. The molecule has 0 atom stereocenters. The summed E-state index contributed by atoms with van der Waals surface area (Å²) in [6.45, 7) is 4.74. The van der Waals surface area contributed by atoms with E-state index in [2.05, 4.69) is 11.5 Å². The number of phenols is 1. The third-order valence-electron chi connectivity index (χ3n) is 5.60. The van der Waals surface area contributed by atoms with Crippen LogP contribution in [0.3, 0.4) is 0 Å². The second-order valence-electron chi connectivity index (χ2n) is 7.88. The van der Waals surface area contributed by atoms with Crippen molar-refractivity contribution in [1.82, 2.24) is 9.55 Å². The number of aromatic hydroxyl groups is 1. The molecule has 0 amide bonds. The molecule has 3 aromatic carbocycles. The molecule has 0 aliphatic heterocycles. The number of aryl methyl sites for hydroxylation is 2. The van der Waals surface area contributed by atoms with E-state index in [0.29, 0.717) is 17.9 Å². The van der Waals surface area contributed by atoms with Gasteiger partial charge >= 0.3 is 6.16 Å². The highest BCUT2D eigenvalue weighted by Gasteiger charge is 2.16. The van der Waals surface area contributed by atoms with E-state index in [-0.39, 0.29) is 5.75 Å². The smallest absolute Gasteiger partial charge is 0.506 e. The Balaban J connectivity index is 1.69. The van der Waals surface area contributed by atoms with Crippen LogP contribution in [0, 0.1) is 6.92 Å². The van der Waals surface area contributed by atoms with E-state index in [1.54, 1.807) is 18.2 Å². The number of carboxylic acid groups (broad SMARTS) is 1. The highest BCUT2D eigenvalue weighted by Crippen LogP contribution is 2.32. The first kappa shape index (κ1) is 21.4. The fraction of sp³-hybridized carbons (Fsp3) is 0.231. The summed E-state index contributed by atoms with van der Waals surface area (Å²) in [5, 5.41) is 19.6. The lowest BCUT2D eigenvalue weighted by Crippen LogP contribution is -2.06. The number of phenolic OH excluding ortho intramolecular Hbond substituents is 1. The quantitative estimate of drug-likeness (QED) is 0.271. The van der Waals surface area contributed by atoms with Crippen LogP contribution >= 0.6 is 0 Å². The van der Waals surface area contributed by atoms with Crippen LogP contribution in [0.5, 0.6) is 11.5 Å². The zero-order valence-corrected chi connectivity index (χ0v) is 18.2. The van der Waals surface area contributed by atoms with Crippen molar-refractivity contribution >= 4 is 17.2 Å². The lowest BCUT2D eigenvalue weighted by atomic mass is 10.0. The van der Waals surface area contributed by atoms with Gasteiger partial charge in [0.15, 0.2) is 0 Å². The number of ether oxygens (including phenoxy) is 1. The Morgan fingerprint density at radius 1 is 1.06 bits per heavy atom. The van der Waals surface area contributed by atoms with Gasteiger partial charge in [0.2, 0.25) is 0 Å².